The number of thiophene rings is 1. The molecule has 14 heavy (non-hydrogen) atoms. The van der Waals surface area contributed by atoms with E-state index in [0.29, 0.717) is 0 Å². The average molecular weight is 317 g/mol. The van der Waals surface area contributed by atoms with Crippen molar-refractivity contribution in [1.82, 2.24) is 5.53 Å². The maximum atomic E-state index is 8.81. The summed E-state index contributed by atoms with van der Waals surface area (Å²) in [5.41, 5.74) is 9.73. The number of halogens is 1. The Bertz CT molecular complexity index is 397. The van der Waals surface area contributed by atoms with Crippen LogP contribution in [0.2, 0.25) is 0 Å². The molecular formula is C9H6IN2OS. The van der Waals surface area contributed by atoms with Gasteiger partial charge < -0.3 is 4.74 Å². The monoisotopic (exact) mass is 317 g/mol. The van der Waals surface area contributed by atoms with Crippen molar-refractivity contribution in [1.29, 1.82) is 0 Å². The van der Waals surface area contributed by atoms with Crippen molar-refractivity contribution in [3.05, 3.63) is 38.3 Å². The number of hydrogen-bond donors (Lipinski definition) is 0. The van der Waals surface area contributed by atoms with Gasteiger partial charge >= 0.3 is 0 Å². The third-order valence-corrected chi connectivity index (χ3v) is 3.66. The molecule has 3 nitrogen and oxygen atoms in total. The molecule has 1 atom stereocenters. The standard InChI is InChI=1S/C9H6IN2OS/c10-6-3-4-13-9(12-11)8(6)7-2-1-5-14-7/h1-5,9H. The first kappa shape index (κ1) is 9.85. The van der Waals surface area contributed by atoms with Gasteiger partial charge in [0.1, 0.15) is 0 Å². The quantitative estimate of drug-likeness (QED) is 0.611. The highest BCUT2D eigenvalue weighted by Crippen LogP contribution is 2.34. The Morgan fingerprint density at radius 3 is 3.07 bits per heavy atom. The average Bonchev–Trinajstić information content (AvgIpc) is 2.70. The van der Waals surface area contributed by atoms with Gasteiger partial charge in [-0.25, -0.2) is 0 Å². The highest BCUT2D eigenvalue weighted by atomic mass is 127. The van der Waals surface area contributed by atoms with Crippen LogP contribution in [0.15, 0.2) is 38.5 Å². The molecular weight excluding hydrogens is 311 g/mol. The highest BCUT2D eigenvalue weighted by molar-refractivity contribution is 14.1. The lowest BCUT2D eigenvalue weighted by Crippen LogP contribution is -2.12. The smallest absolute Gasteiger partial charge is 0.238 e. The normalized spacial score (nSPS) is 20.8. The van der Waals surface area contributed by atoms with Gasteiger partial charge in [0.05, 0.1) is 6.26 Å². The Kier molecular flexibility index (Phi) is 2.97. The van der Waals surface area contributed by atoms with Gasteiger partial charge in [0.15, 0.2) is 0 Å². The van der Waals surface area contributed by atoms with Crippen molar-refractivity contribution in [2.75, 3.05) is 0 Å². The van der Waals surface area contributed by atoms with Crippen LogP contribution < -0.4 is 5.53 Å². The molecule has 0 fully saturated rings. The number of hydrogen-bond acceptors (Lipinski definition) is 3. The van der Waals surface area contributed by atoms with Crippen molar-refractivity contribution >= 4 is 39.5 Å². The topological polar surface area (TPSA) is 43.9 Å². The van der Waals surface area contributed by atoms with E-state index >= 15 is 0 Å². The van der Waals surface area contributed by atoms with Crippen LogP contribution in [0.4, 0.5) is 0 Å². The predicted molar refractivity (Wildman–Crippen MR) is 63.8 cm³/mol. The number of nitrogens with zero attached hydrogens (tertiary/aromatic N) is 2. The summed E-state index contributed by atoms with van der Waals surface area (Å²) in [4.78, 5) is 1.07. The van der Waals surface area contributed by atoms with E-state index in [9.17, 15) is 0 Å². The SMILES string of the molecule is [N]=NC1OC=CC(I)=C1c1cccs1. The van der Waals surface area contributed by atoms with Gasteiger partial charge in [-0.15, -0.1) is 16.5 Å². The molecule has 1 unspecified atom stereocenters. The van der Waals surface area contributed by atoms with E-state index in [2.05, 4.69) is 27.7 Å². The van der Waals surface area contributed by atoms with Gasteiger partial charge in [-0.1, -0.05) is 6.07 Å². The number of rotatable bonds is 2. The molecule has 0 saturated carbocycles. The third kappa shape index (κ3) is 1.74. The largest absolute Gasteiger partial charge is 0.470 e. The molecule has 0 spiro atoms. The first-order chi connectivity index (χ1) is 6.83. The molecule has 0 amide bonds. The zero-order chi connectivity index (χ0) is 9.97. The van der Waals surface area contributed by atoms with E-state index in [0.717, 1.165) is 14.0 Å². The lowest BCUT2D eigenvalue weighted by atomic mass is 10.1. The fourth-order valence-electron chi connectivity index (χ4n) is 1.21. The molecule has 1 radical (unpaired) electrons. The van der Waals surface area contributed by atoms with Crippen LogP contribution in [-0.4, -0.2) is 6.23 Å². The molecule has 1 aromatic heterocycles. The molecule has 1 aromatic rings. The minimum absolute atomic E-state index is 0.592. The van der Waals surface area contributed by atoms with Crippen LogP contribution in [0.1, 0.15) is 4.88 Å². The molecule has 71 valence electrons. The fourth-order valence-corrected chi connectivity index (χ4v) is 2.89. The summed E-state index contributed by atoms with van der Waals surface area (Å²) in [6.07, 6.45) is 2.81. The van der Waals surface area contributed by atoms with E-state index in [1.165, 1.54) is 0 Å². The fraction of sp³-hybridized carbons (Fsp3) is 0.111. The summed E-state index contributed by atoms with van der Waals surface area (Å²) >= 11 is 3.81. The molecule has 0 saturated heterocycles. The maximum Gasteiger partial charge on any atom is 0.238 e. The molecule has 1 aliphatic rings. The van der Waals surface area contributed by atoms with Gasteiger partial charge in [0.25, 0.3) is 0 Å². The molecule has 0 N–H and O–H groups in total. The van der Waals surface area contributed by atoms with Crippen LogP contribution >= 0.6 is 33.9 Å². The van der Waals surface area contributed by atoms with E-state index in [1.54, 1.807) is 17.6 Å². The van der Waals surface area contributed by atoms with Crippen molar-refractivity contribution < 1.29 is 4.74 Å². The molecule has 0 aromatic carbocycles. The second kappa shape index (κ2) is 4.22. The molecule has 2 heterocycles. The van der Waals surface area contributed by atoms with Crippen LogP contribution in [0, 0.1) is 0 Å². The van der Waals surface area contributed by atoms with Gasteiger partial charge in [0.2, 0.25) is 6.23 Å². The number of ether oxygens (including phenoxy) is 1. The van der Waals surface area contributed by atoms with Gasteiger partial charge in [-0.05, 0) is 45.6 Å². The second-order valence-electron chi connectivity index (χ2n) is 2.65. The van der Waals surface area contributed by atoms with Crippen molar-refractivity contribution in [2.24, 2.45) is 5.11 Å². The van der Waals surface area contributed by atoms with E-state index in [1.807, 2.05) is 23.6 Å². The summed E-state index contributed by atoms with van der Waals surface area (Å²) in [5, 5.41) is 5.19. The molecule has 5 heteroatoms. The van der Waals surface area contributed by atoms with Crippen molar-refractivity contribution in [3.63, 3.8) is 0 Å². The summed E-state index contributed by atoms with van der Waals surface area (Å²) in [7, 11) is 0. The second-order valence-corrected chi connectivity index (χ2v) is 4.76. The van der Waals surface area contributed by atoms with Gasteiger partial charge in [-0.2, -0.15) is 0 Å². The Labute approximate surface area is 99.1 Å². The minimum Gasteiger partial charge on any atom is -0.470 e. The minimum atomic E-state index is -0.592. The van der Waals surface area contributed by atoms with E-state index < -0.39 is 6.23 Å². The van der Waals surface area contributed by atoms with Crippen molar-refractivity contribution in [3.8, 4) is 0 Å². The summed E-state index contributed by atoms with van der Waals surface area (Å²) in [6, 6.07) is 3.95. The Balaban J connectivity index is 2.47. The maximum absolute atomic E-state index is 8.81. The Morgan fingerprint density at radius 2 is 2.43 bits per heavy atom. The zero-order valence-electron chi connectivity index (χ0n) is 7.05. The van der Waals surface area contributed by atoms with Crippen molar-refractivity contribution in [2.45, 2.75) is 6.23 Å². The third-order valence-electron chi connectivity index (χ3n) is 1.82. The predicted octanol–water partition coefficient (Wildman–Crippen LogP) is 3.02. The molecule has 0 bridgehead atoms. The summed E-state index contributed by atoms with van der Waals surface area (Å²) in [5.74, 6) is 0. The highest BCUT2D eigenvalue weighted by Gasteiger charge is 2.22. The first-order valence-corrected chi connectivity index (χ1v) is 5.88. The Hall–Kier alpha value is -0.690. The number of allylic oxidation sites excluding steroid dienone is 2. The van der Waals surface area contributed by atoms with E-state index in [4.69, 9.17) is 10.3 Å². The summed E-state index contributed by atoms with van der Waals surface area (Å²) < 4.78 is 6.22. The van der Waals surface area contributed by atoms with Crippen LogP contribution in [0.25, 0.3) is 5.57 Å². The zero-order valence-corrected chi connectivity index (χ0v) is 10.0. The first-order valence-electron chi connectivity index (χ1n) is 3.92. The van der Waals surface area contributed by atoms with Crippen LogP contribution in [0.5, 0.6) is 0 Å². The lowest BCUT2D eigenvalue weighted by Gasteiger charge is -2.17. The molecule has 2 rings (SSSR count). The Morgan fingerprint density at radius 1 is 1.57 bits per heavy atom. The van der Waals surface area contributed by atoms with Crippen LogP contribution in [-0.2, 0) is 4.74 Å². The molecule has 1 aliphatic heterocycles. The van der Waals surface area contributed by atoms with Gasteiger partial charge in [0, 0.05) is 14.0 Å². The summed E-state index contributed by atoms with van der Waals surface area (Å²) in [6.45, 7) is 0. The van der Waals surface area contributed by atoms with Crippen LogP contribution in [0.3, 0.4) is 0 Å². The molecule has 0 aliphatic carbocycles. The van der Waals surface area contributed by atoms with Gasteiger partial charge in [-0.3, -0.25) is 0 Å². The van der Waals surface area contributed by atoms with E-state index in [-0.39, 0.29) is 0 Å². The lowest BCUT2D eigenvalue weighted by molar-refractivity contribution is 0.194.